The minimum absolute atomic E-state index is 0.136. The van der Waals surface area contributed by atoms with E-state index in [2.05, 4.69) is 20.6 Å². The zero-order valence-electron chi connectivity index (χ0n) is 16.6. The number of pyridine rings is 1. The van der Waals surface area contributed by atoms with Crippen molar-refractivity contribution >= 4 is 40.5 Å². The van der Waals surface area contributed by atoms with Crippen molar-refractivity contribution in [1.29, 1.82) is 0 Å². The Morgan fingerprint density at radius 2 is 2.27 bits per heavy atom. The number of aromatic amines is 1. The summed E-state index contributed by atoms with van der Waals surface area (Å²) >= 11 is 6.92. The number of rotatable bonds is 6. The van der Waals surface area contributed by atoms with Crippen LogP contribution in [0.1, 0.15) is 55.0 Å². The monoisotopic (exact) mass is 439 g/mol. The van der Waals surface area contributed by atoms with Gasteiger partial charge in [0.1, 0.15) is 0 Å². The van der Waals surface area contributed by atoms with E-state index < -0.39 is 0 Å². The Bertz CT molecular complexity index is 1280. The Labute approximate surface area is 182 Å². The number of carbonyl (C=O) groups is 1. The van der Waals surface area contributed by atoms with Gasteiger partial charge in [-0.05, 0) is 56.4 Å². The molecule has 0 bridgehead atoms. The summed E-state index contributed by atoms with van der Waals surface area (Å²) in [6.07, 6.45) is 3.91. The van der Waals surface area contributed by atoms with Gasteiger partial charge in [0.25, 0.3) is 5.91 Å². The molecule has 1 aliphatic rings. The molecule has 1 amide bonds. The number of nitrogens with zero attached hydrogens (tertiary/aromatic N) is 5. The molecule has 4 aromatic rings. The fourth-order valence-electron chi connectivity index (χ4n) is 3.56. The quantitative estimate of drug-likeness (QED) is 0.438. The summed E-state index contributed by atoms with van der Waals surface area (Å²) in [6.45, 7) is 4.40. The van der Waals surface area contributed by atoms with Gasteiger partial charge in [-0.3, -0.25) is 14.5 Å². The Morgan fingerprint density at radius 3 is 2.97 bits per heavy atom. The van der Waals surface area contributed by atoms with E-state index in [0.717, 1.165) is 34.6 Å². The smallest absolute Gasteiger partial charge is 0.252 e. The SMILES string of the molecule is CC(C)n1ncc2c(C(=O)NCc3n[nH]c(=S)n3C3CC3)cc(-c3cccs3)nc21. The molecule has 154 valence electrons. The zero-order chi connectivity index (χ0) is 20.8. The summed E-state index contributed by atoms with van der Waals surface area (Å²) in [6, 6.07) is 6.35. The molecule has 8 nitrogen and oxygen atoms in total. The molecule has 4 aromatic heterocycles. The lowest BCUT2D eigenvalue weighted by atomic mass is 10.1. The van der Waals surface area contributed by atoms with Crippen LogP contribution in [-0.2, 0) is 6.54 Å². The molecule has 0 aliphatic heterocycles. The molecule has 0 spiro atoms. The van der Waals surface area contributed by atoms with Crippen molar-refractivity contribution in [3.05, 3.63) is 45.9 Å². The number of fused-ring (bicyclic) bond motifs is 1. The van der Waals surface area contributed by atoms with Gasteiger partial charge in [-0.25, -0.2) is 9.67 Å². The van der Waals surface area contributed by atoms with Crippen LogP contribution in [0, 0.1) is 4.77 Å². The molecule has 0 atom stereocenters. The van der Waals surface area contributed by atoms with Crippen LogP contribution in [0.25, 0.3) is 21.6 Å². The average molecular weight is 440 g/mol. The van der Waals surface area contributed by atoms with Crippen molar-refractivity contribution < 1.29 is 4.79 Å². The van der Waals surface area contributed by atoms with Crippen LogP contribution in [0.15, 0.2) is 29.8 Å². The van der Waals surface area contributed by atoms with Gasteiger partial charge in [-0.1, -0.05) is 6.07 Å². The van der Waals surface area contributed by atoms with Gasteiger partial charge in [0, 0.05) is 12.1 Å². The van der Waals surface area contributed by atoms with Crippen LogP contribution in [0.4, 0.5) is 0 Å². The van der Waals surface area contributed by atoms with E-state index in [4.69, 9.17) is 17.2 Å². The number of H-pyrrole nitrogens is 1. The van der Waals surface area contributed by atoms with Crippen LogP contribution < -0.4 is 5.32 Å². The Kier molecular flexibility index (Phi) is 4.75. The van der Waals surface area contributed by atoms with Crippen LogP contribution in [0.3, 0.4) is 0 Å². The number of hydrogen-bond acceptors (Lipinski definition) is 6. The van der Waals surface area contributed by atoms with Crippen LogP contribution in [0.2, 0.25) is 0 Å². The summed E-state index contributed by atoms with van der Waals surface area (Å²) in [4.78, 5) is 19.0. The Hall–Kier alpha value is -2.85. The second-order valence-corrected chi connectivity index (χ2v) is 9.02. The van der Waals surface area contributed by atoms with Crippen molar-refractivity contribution in [3.63, 3.8) is 0 Å². The third-order valence-electron chi connectivity index (χ3n) is 5.17. The highest BCUT2D eigenvalue weighted by atomic mass is 32.1. The van der Waals surface area contributed by atoms with Crippen molar-refractivity contribution in [2.45, 2.75) is 45.3 Å². The number of amides is 1. The summed E-state index contributed by atoms with van der Waals surface area (Å²) in [7, 11) is 0. The van der Waals surface area contributed by atoms with Crippen molar-refractivity contribution in [2.24, 2.45) is 0 Å². The van der Waals surface area contributed by atoms with E-state index in [1.807, 2.05) is 46.7 Å². The zero-order valence-corrected chi connectivity index (χ0v) is 18.3. The fraction of sp³-hybridized carbons (Fsp3) is 0.350. The van der Waals surface area contributed by atoms with E-state index in [1.54, 1.807) is 17.5 Å². The molecule has 0 aromatic carbocycles. The van der Waals surface area contributed by atoms with Gasteiger partial charge in [-0.15, -0.1) is 11.3 Å². The molecule has 30 heavy (non-hydrogen) atoms. The molecule has 1 fully saturated rings. The molecular formula is C20H21N7OS2. The van der Waals surface area contributed by atoms with Crippen LogP contribution >= 0.6 is 23.6 Å². The predicted molar refractivity (Wildman–Crippen MR) is 118 cm³/mol. The number of hydrogen-bond donors (Lipinski definition) is 2. The Morgan fingerprint density at radius 1 is 1.43 bits per heavy atom. The van der Waals surface area contributed by atoms with E-state index in [-0.39, 0.29) is 11.9 Å². The molecule has 2 N–H and O–H groups in total. The highest BCUT2D eigenvalue weighted by Gasteiger charge is 2.27. The molecule has 10 heteroatoms. The topological polar surface area (TPSA) is 93.4 Å². The normalized spacial score (nSPS) is 14.0. The van der Waals surface area contributed by atoms with Crippen molar-refractivity contribution in [2.75, 3.05) is 0 Å². The predicted octanol–water partition coefficient (Wildman–Crippen LogP) is 4.26. The number of nitrogens with one attached hydrogen (secondary N) is 2. The summed E-state index contributed by atoms with van der Waals surface area (Å²) in [5, 5.41) is 17.3. The molecule has 1 saturated carbocycles. The van der Waals surface area contributed by atoms with Gasteiger partial charge in [0.15, 0.2) is 16.2 Å². The lowest BCUT2D eigenvalue weighted by Gasteiger charge is -2.11. The second-order valence-electron chi connectivity index (χ2n) is 7.68. The lowest BCUT2D eigenvalue weighted by molar-refractivity contribution is 0.0951. The molecule has 5 rings (SSSR count). The number of carbonyl (C=O) groups excluding carboxylic acids is 1. The molecule has 1 aliphatic carbocycles. The molecule has 0 saturated heterocycles. The van der Waals surface area contributed by atoms with Gasteiger partial charge in [0.05, 0.1) is 34.3 Å². The second kappa shape index (κ2) is 7.44. The first kappa shape index (κ1) is 19.1. The van der Waals surface area contributed by atoms with Crippen LogP contribution in [0.5, 0.6) is 0 Å². The standard InChI is InChI=1S/C20H21N7OS2/c1-11(2)27-18-14(9-22-27)13(8-15(23-18)16-4-3-7-30-16)19(28)21-10-17-24-25-20(29)26(17)12-5-6-12/h3-4,7-9,11-12H,5-6,10H2,1-2H3,(H,21,28)(H,25,29). The van der Waals surface area contributed by atoms with E-state index >= 15 is 0 Å². The Balaban J connectivity index is 1.51. The van der Waals surface area contributed by atoms with Gasteiger partial charge >= 0.3 is 0 Å². The van der Waals surface area contributed by atoms with Crippen molar-refractivity contribution in [1.82, 2.24) is 34.8 Å². The summed E-state index contributed by atoms with van der Waals surface area (Å²) in [5.74, 6) is 0.567. The fourth-order valence-corrected chi connectivity index (χ4v) is 4.55. The maximum Gasteiger partial charge on any atom is 0.252 e. The third-order valence-corrected chi connectivity index (χ3v) is 6.35. The summed E-state index contributed by atoms with van der Waals surface area (Å²) < 4.78 is 4.46. The molecule has 0 unspecified atom stereocenters. The summed E-state index contributed by atoms with van der Waals surface area (Å²) in [5.41, 5.74) is 2.04. The third kappa shape index (κ3) is 3.35. The van der Waals surface area contributed by atoms with Gasteiger partial charge < -0.3 is 5.32 Å². The first-order valence-corrected chi connectivity index (χ1v) is 11.2. The number of aromatic nitrogens is 6. The van der Waals surface area contributed by atoms with Gasteiger partial charge in [0.2, 0.25) is 0 Å². The highest BCUT2D eigenvalue weighted by molar-refractivity contribution is 7.71. The van der Waals surface area contributed by atoms with Gasteiger partial charge in [-0.2, -0.15) is 10.2 Å². The van der Waals surface area contributed by atoms with E-state index in [9.17, 15) is 4.79 Å². The largest absolute Gasteiger partial charge is 0.345 e. The van der Waals surface area contributed by atoms with Crippen LogP contribution in [-0.4, -0.2) is 35.4 Å². The van der Waals surface area contributed by atoms with E-state index in [0.29, 0.717) is 28.6 Å². The first-order valence-electron chi connectivity index (χ1n) is 9.89. The number of thiophene rings is 1. The maximum absolute atomic E-state index is 13.2. The minimum atomic E-state index is -0.181. The average Bonchev–Trinajstić information content (AvgIpc) is 3.13. The minimum Gasteiger partial charge on any atom is -0.345 e. The molecule has 4 heterocycles. The molecule has 0 radical (unpaired) electrons. The molecular weight excluding hydrogens is 418 g/mol. The first-order chi connectivity index (χ1) is 14.5. The highest BCUT2D eigenvalue weighted by Crippen LogP contribution is 2.35. The van der Waals surface area contributed by atoms with E-state index in [1.165, 1.54) is 0 Å². The van der Waals surface area contributed by atoms with Crippen molar-refractivity contribution in [3.8, 4) is 10.6 Å². The maximum atomic E-state index is 13.2. The lowest BCUT2D eigenvalue weighted by Crippen LogP contribution is -2.25.